The molecule has 1 aromatic rings. The Balaban J connectivity index is 2.29. The van der Waals surface area contributed by atoms with Crippen molar-refractivity contribution < 1.29 is 4.79 Å². The van der Waals surface area contributed by atoms with Gasteiger partial charge in [0.1, 0.15) is 6.04 Å². The lowest BCUT2D eigenvalue weighted by Crippen LogP contribution is -2.49. The lowest BCUT2D eigenvalue weighted by Gasteiger charge is -2.30. The molecule has 0 aliphatic carbocycles. The van der Waals surface area contributed by atoms with Crippen LogP contribution in [0.15, 0.2) is 24.3 Å². The minimum Gasteiger partial charge on any atom is -0.358 e. The van der Waals surface area contributed by atoms with Crippen LogP contribution in [0.1, 0.15) is 12.0 Å². The van der Waals surface area contributed by atoms with E-state index in [0.29, 0.717) is 12.1 Å². The standard InChI is InChI=1S/C14H18N4O/c1-17-7-2-8-18(13(10-16)14(17)19)12-5-3-11(9-15)4-6-12/h3-6,13H,2,7-8,10,16H2,1H3. The largest absolute Gasteiger partial charge is 0.358 e. The van der Waals surface area contributed by atoms with Gasteiger partial charge in [0.15, 0.2) is 0 Å². The van der Waals surface area contributed by atoms with Gasteiger partial charge in [-0.1, -0.05) is 0 Å². The number of anilines is 1. The fourth-order valence-electron chi connectivity index (χ4n) is 2.40. The molecule has 1 heterocycles. The number of hydrogen-bond donors (Lipinski definition) is 1. The van der Waals surface area contributed by atoms with Gasteiger partial charge in [0.2, 0.25) is 5.91 Å². The van der Waals surface area contributed by atoms with Crippen LogP contribution >= 0.6 is 0 Å². The summed E-state index contributed by atoms with van der Waals surface area (Å²) in [5.74, 6) is 0.0596. The lowest BCUT2D eigenvalue weighted by molar-refractivity contribution is -0.130. The van der Waals surface area contributed by atoms with E-state index in [4.69, 9.17) is 11.0 Å². The number of rotatable bonds is 2. The summed E-state index contributed by atoms with van der Waals surface area (Å²) in [6.45, 7) is 1.84. The summed E-state index contributed by atoms with van der Waals surface area (Å²) in [6, 6.07) is 9.05. The van der Waals surface area contributed by atoms with Gasteiger partial charge in [0.25, 0.3) is 0 Å². The fraction of sp³-hybridized carbons (Fsp3) is 0.429. The van der Waals surface area contributed by atoms with Crippen LogP contribution < -0.4 is 10.6 Å². The summed E-state index contributed by atoms with van der Waals surface area (Å²) >= 11 is 0. The molecule has 1 aliphatic heterocycles. The summed E-state index contributed by atoms with van der Waals surface area (Å²) in [7, 11) is 1.81. The van der Waals surface area contributed by atoms with Crippen LogP contribution in [0.25, 0.3) is 0 Å². The molecule has 1 unspecified atom stereocenters. The number of hydrogen-bond acceptors (Lipinski definition) is 4. The molecular formula is C14H18N4O. The summed E-state index contributed by atoms with van der Waals surface area (Å²) in [5.41, 5.74) is 7.33. The van der Waals surface area contributed by atoms with E-state index in [-0.39, 0.29) is 11.9 Å². The molecule has 1 aliphatic rings. The van der Waals surface area contributed by atoms with Crippen LogP contribution in [0, 0.1) is 11.3 Å². The highest BCUT2D eigenvalue weighted by molar-refractivity contribution is 5.86. The number of likely N-dealkylation sites (N-methyl/N-ethyl adjacent to an activating group) is 1. The van der Waals surface area contributed by atoms with Gasteiger partial charge in [-0.25, -0.2) is 0 Å². The van der Waals surface area contributed by atoms with Gasteiger partial charge in [-0.15, -0.1) is 0 Å². The molecule has 0 bridgehead atoms. The third kappa shape index (κ3) is 2.69. The Morgan fingerprint density at radius 1 is 1.37 bits per heavy atom. The van der Waals surface area contributed by atoms with Crippen LogP contribution in [-0.4, -0.2) is 43.5 Å². The maximum absolute atomic E-state index is 12.2. The average molecular weight is 258 g/mol. The van der Waals surface area contributed by atoms with Gasteiger partial charge >= 0.3 is 0 Å². The Hall–Kier alpha value is -2.06. The molecule has 1 atom stereocenters. The molecule has 0 aromatic heterocycles. The number of carbonyl (C=O) groups excluding carboxylic acids is 1. The molecule has 1 aromatic carbocycles. The highest BCUT2D eigenvalue weighted by atomic mass is 16.2. The molecule has 2 rings (SSSR count). The van der Waals surface area contributed by atoms with Crippen LogP contribution in [0.5, 0.6) is 0 Å². The number of benzene rings is 1. The molecule has 1 fully saturated rings. The van der Waals surface area contributed by atoms with Crippen molar-refractivity contribution >= 4 is 11.6 Å². The normalized spacial score (nSPS) is 20.1. The Labute approximate surface area is 113 Å². The Bertz CT molecular complexity index is 491. The van der Waals surface area contributed by atoms with Gasteiger partial charge < -0.3 is 15.5 Å². The van der Waals surface area contributed by atoms with Crippen molar-refractivity contribution in [3.63, 3.8) is 0 Å². The highest BCUT2D eigenvalue weighted by Crippen LogP contribution is 2.21. The average Bonchev–Trinajstić information content (AvgIpc) is 2.59. The predicted molar refractivity (Wildman–Crippen MR) is 73.6 cm³/mol. The summed E-state index contributed by atoms with van der Waals surface area (Å²) in [5, 5.41) is 8.81. The molecule has 100 valence electrons. The first kappa shape index (κ1) is 13.4. The molecule has 2 N–H and O–H groups in total. The molecular weight excluding hydrogens is 240 g/mol. The van der Waals surface area contributed by atoms with E-state index in [9.17, 15) is 4.79 Å². The number of amides is 1. The van der Waals surface area contributed by atoms with Crippen molar-refractivity contribution in [3.8, 4) is 6.07 Å². The van der Waals surface area contributed by atoms with Gasteiger partial charge in [-0.05, 0) is 30.7 Å². The van der Waals surface area contributed by atoms with E-state index < -0.39 is 0 Å². The van der Waals surface area contributed by atoms with Crippen LogP contribution in [0.3, 0.4) is 0 Å². The summed E-state index contributed by atoms with van der Waals surface area (Å²) < 4.78 is 0. The molecule has 5 nitrogen and oxygen atoms in total. The zero-order valence-electron chi connectivity index (χ0n) is 11.0. The molecule has 1 amide bonds. The molecule has 1 saturated heterocycles. The van der Waals surface area contributed by atoms with E-state index in [0.717, 1.165) is 25.2 Å². The molecule has 0 radical (unpaired) electrons. The first-order valence-corrected chi connectivity index (χ1v) is 6.39. The minimum atomic E-state index is -0.319. The van der Waals surface area contributed by atoms with Crippen LogP contribution in [-0.2, 0) is 4.79 Å². The minimum absolute atomic E-state index is 0.0596. The molecule has 0 saturated carbocycles. The Morgan fingerprint density at radius 2 is 2.05 bits per heavy atom. The third-order valence-corrected chi connectivity index (χ3v) is 3.48. The maximum atomic E-state index is 12.2. The van der Waals surface area contributed by atoms with E-state index in [1.807, 2.05) is 24.1 Å². The van der Waals surface area contributed by atoms with Gasteiger partial charge in [-0.2, -0.15) is 5.26 Å². The topological polar surface area (TPSA) is 73.4 Å². The lowest BCUT2D eigenvalue weighted by atomic mass is 10.1. The highest BCUT2D eigenvalue weighted by Gasteiger charge is 2.29. The van der Waals surface area contributed by atoms with E-state index >= 15 is 0 Å². The van der Waals surface area contributed by atoms with Gasteiger partial charge in [0.05, 0.1) is 11.6 Å². The van der Waals surface area contributed by atoms with Crippen molar-refractivity contribution in [2.45, 2.75) is 12.5 Å². The number of nitriles is 1. The third-order valence-electron chi connectivity index (χ3n) is 3.48. The van der Waals surface area contributed by atoms with Crippen LogP contribution in [0.4, 0.5) is 5.69 Å². The second kappa shape index (κ2) is 5.72. The second-order valence-electron chi connectivity index (χ2n) is 4.72. The van der Waals surface area contributed by atoms with Crippen molar-refractivity contribution in [1.82, 2.24) is 4.90 Å². The van der Waals surface area contributed by atoms with E-state index in [1.165, 1.54) is 0 Å². The fourth-order valence-corrected chi connectivity index (χ4v) is 2.40. The SMILES string of the molecule is CN1CCCN(c2ccc(C#N)cc2)C(CN)C1=O. The van der Waals surface area contributed by atoms with E-state index in [1.54, 1.807) is 17.0 Å². The maximum Gasteiger partial charge on any atom is 0.246 e. The smallest absolute Gasteiger partial charge is 0.246 e. The van der Waals surface area contributed by atoms with Crippen molar-refractivity contribution in [2.24, 2.45) is 5.73 Å². The van der Waals surface area contributed by atoms with Crippen molar-refractivity contribution in [1.29, 1.82) is 5.26 Å². The monoisotopic (exact) mass is 258 g/mol. The molecule has 5 heteroatoms. The van der Waals surface area contributed by atoms with Crippen molar-refractivity contribution in [2.75, 3.05) is 31.6 Å². The predicted octanol–water partition coefficient (Wildman–Crippen LogP) is 0.554. The zero-order chi connectivity index (χ0) is 13.8. The molecule has 0 spiro atoms. The molecule has 19 heavy (non-hydrogen) atoms. The summed E-state index contributed by atoms with van der Waals surface area (Å²) in [4.78, 5) is 16.0. The van der Waals surface area contributed by atoms with Crippen molar-refractivity contribution in [3.05, 3.63) is 29.8 Å². The van der Waals surface area contributed by atoms with Gasteiger partial charge in [0, 0.05) is 32.4 Å². The second-order valence-corrected chi connectivity index (χ2v) is 4.72. The first-order chi connectivity index (χ1) is 9.17. The van der Waals surface area contributed by atoms with Crippen LogP contribution in [0.2, 0.25) is 0 Å². The summed E-state index contributed by atoms with van der Waals surface area (Å²) in [6.07, 6.45) is 0.915. The number of nitrogens with two attached hydrogens (primary N) is 1. The number of carbonyl (C=O) groups is 1. The number of nitrogens with zero attached hydrogens (tertiary/aromatic N) is 3. The zero-order valence-corrected chi connectivity index (χ0v) is 11.0. The Morgan fingerprint density at radius 3 is 2.63 bits per heavy atom. The first-order valence-electron chi connectivity index (χ1n) is 6.39. The quantitative estimate of drug-likeness (QED) is 0.841. The van der Waals surface area contributed by atoms with Gasteiger partial charge in [-0.3, -0.25) is 4.79 Å². The van der Waals surface area contributed by atoms with E-state index in [2.05, 4.69) is 6.07 Å². The Kier molecular flexibility index (Phi) is 4.03.